The second-order valence-corrected chi connectivity index (χ2v) is 11.5. The van der Waals surface area contributed by atoms with Crippen molar-refractivity contribution in [2.45, 2.75) is 52.1 Å². The molecule has 5 aromatic rings. The predicted octanol–water partition coefficient (Wildman–Crippen LogP) is 5.82. The molecule has 41 heavy (non-hydrogen) atoms. The monoisotopic (exact) mass is 554 g/mol. The van der Waals surface area contributed by atoms with Gasteiger partial charge in [-0.15, -0.1) is 5.10 Å². The van der Waals surface area contributed by atoms with Gasteiger partial charge in [-0.25, -0.2) is 9.07 Å². The van der Waals surface area contributed by atoms with E-state index in [-0.39, 0.29) is 23.7 Å². The molecule has 212 valence electrons. The number of nitrogens with one attached hydrogen (secondary N) is 1. The molecule has 0 spiro atoms. The molecule has 6 rings (SSSR count). The molecule has 0 saturated carbocycles. The quantitative estimate of drug-likeness (QED) is 0.286. The Morgan fingerprint density at radius 3 is 2.54 bits per heavy atom. The summed E-state index contributed by atoms with van der Waals surface area (Å²) in [5, 5.41) is 12.1. The third-order valence-electron chi connectivity index (χ3n) is 8.30. The Bertz CT molecular complexity index is 1730. The molecule has 2 aromatic carbocycles. The molecule has 0 radical (unpaired) electrons. The van der Waals surface area contributed by atoms with Crippen LogP contribution in [0.5, 0.6) is 0 Å². The van der Waals surface area contributed by atoms with Crippen molar-refractivity contribution in [3.63, 3.8) is 0 Å². The zero-order valence-electron chi connectivity index (χ0n) is 24.1. The minimum atomic E-state index is -0.914. The first kappa shape index (κ1) is 27.1. The van der Waals surface area contributed by atoms with Crippen LogP contribution in [0.25, 0.3) is 33.2 Å². The minimum Gasteiger partial charge on any atom is -0.381 e. The highest BCUT2D eigenvalue weighted by atomic mass is 19.1. The van der Waals surface area contributed by atoms with E-state index in [1.54, 1.807) is 10.7 Å². The van der Waals surface area contributed by atoms with Crippen LogP contribution >= 0.6 is 0 Å². The zero-order valence-corrected chi connectivity index (χ0v) is 24.1. The van der Waals surface area contributed by atoms with Gasteiger partial charge in [-0.3, -0.25) is 9.78 Å². The van der Waals surface area contributed by atoms with Gasteiger partial charge in [0.25, 0.3) is 0 Å². The Labute approximate surface area is 238 Å². The highest BCUT2D eigenvalue weighted by Crippen LogP contribution is 2.43. The van der Waals surface area contributed by atoms with Gasteiger partial charge in [-0.2, -0.15) is 0 Å². The molecule has 9 heteroatoms. The van der Waals surface area contributed by atoms with Crippen molar-refractivity contribution in [2.75, 3.05) is 13.2 Å². The van der Waals surface area contributed by atoms with E-state index in [9.17, 15) is 4.79 Å². The van der Waals surface area contributed by atoms with Crippen molar-refractivity contribution in [3.8, 4) is 11.3 Å². The number of carbonyl (C=O) groups excluding carboxylic acids is 1. The molecular formula is C32H35FN6O2. The number of nitrogens with zero attached hydrogens (tertiary/aromatic N) is 5. The third kappa shape index (κ3) is 4.68. The smallest absolute Gasteiger partial charge is 0.217 e. The average Bonchev–Trinajstić information content (AvgIpc) is 3.45. The van der Waals surface area contributed by atoms with Crippen LogP contribution in [0.2, 0.25) is 0 Å². The van der Waals surface area contributed by atoms with Crippen LogP contribution in [-0.4, -0.2) is 43.7 Å². The first-order chi connectivity index (χ1) is 19.7. The van der Waals surface area contributed by atoms with Crippen LogP contribution in [0.4, 0.5) is 4.39 Å². The van der Waals surface area contributed by atoms with Gasteiger partial charge in [0.2, 0.25) is 5.91 Å². The molecule has 1 saturated heterocycles. The Morgan fingerprint density at radius 2 is 1.88 bits per heavy atom. The largest absolute Gasteiger partial charge is 0.381 e. The van der Waals surface area contributed by atoms with Gasteiger partial charge in [0.15, 0.2) is 5.82 Å². The molecule has 0 aliphatic carbocycles. The summed E-state index contributed by atoms with van der Waals surface area (Å²) < 4.78 is 26.6. The van der Waals surface area contributed by atoms with E-state index < -0.39 is 5.54 Å². The Hall–Kier alpha value is -4.11. The van der Waals surface area contributed by atoms with Gasteiger partial charge < -0.3 is 14.6 Å². The minimum absolute atomic E-state index is 0.156. The summed E-state index contributed by atoms with van der Waals surface area (Å²) in [4.78, 5) is 17.0. The lowest BCUT2D eigenvalue weighted by Gasteiger charge is -2.33. The molecule has 1 unspecified atom stereocenters. The number of hydrogen-bond donors (Lipinski definition) is 1. The Balaban J connectivity index is 1.71. The van der Waals surface area contributed by atoms with Gasteiger partial charge in [0.05, 0.1) is 39.5 Å². The summed E-state index contributed by atoms with van der Waals surface area (Å²) in [6.07, 6.45) is 3.53. The molecule has 1 atom stereocenters. The summed E-state index contributed by atoms with van der Waals surface area (Å²) >= 11 is 0. The van der Waals surface area contributed by atoms with E-state index in [4.69, 9.17) is 9.72 Å². The van der Waals surface area contributed by atoms with Crippen molar-refractivity contribution >= 4 is 27.8 Å². The highest BCUT2D eigenvalue weighted by molar-refractivity contribution is 6.07. The SMILES string of the molecule is CC(=O)NC(C)(C)c1ccc2c3ncc(-c4c(C)nnn4C)cc3n(C(c3ccccc3)C3CCOCC3)c2c1F. The lowest BCUT2D eigenvalue weighted by Crippen LogP contribution is -2.40. The molecule has 8 nitrogen and oxygen atoms in total. The number of benzene rings is 2. The van der Waals surface area contributed by atoms with Gasteiger partial charge in [-0.05, 0) is 51.2 Å². The van der Waals surface area contributed by atoms with Gasteiger partial charge in [0, 0.05) is 49.9 Å². The number of carbonyl (C=O) groups is 1. The summed E-state index contributed by atoms with van der Waals surface area (Å²) in [6.45, 7) is 8.36. The molecule has 1 amide bonds. The van der Waals surface area contributed by atoms with E-state index in [1.807, 2.05) is 58.3 Å². The first-order valence-corrected chi connectivity index (χ1v) is 14.1. The molecule has 3 aromatic heterocycles. The van der Waals surface area contributed by atoms with Crippen molar-refractivity contribution < 1.29 is 13.9 Å². The molecule has 1 N–H and O–H groups in total. The molecule has 1 fully saturated rings. The van der Waals surface area contributed by atoms with E-state index in [1.165, 1.54) is 6.92 Å². The lowest BCUT2D eigenvalue weighted by molar-refractivity contribution is -0.120. The maximum Gasteiger partial charge on any atom is 0.217 e. The molecule has 1 aliphatic rings. The average molecular weight is 555 g/mol. The second kappa shape index (κ2) is 10.4. The first-order valence-electron chi connectivity index (χ1n) is 14.1. The van der Waals surface area contributed by atoms with Gasteiger partial charge in [0.1, 0.15) is 0 Å². The molecular weight excluding hydrogens is 519 g/mol. The van der Waals surface area contributed by atoms with Crippen LogP contribution in [0, 0.1) is 18.7 Å². The van der Waals surface area contributed by atoms with Gasteiger partial charge >= 0.3 is 0 Å². The molecule has 4 heterocycles. The molecule has 0 bridgehead atoms. The fourth-order valence-electron chi connectivity index (χ4n) is 6.53. The maximum absolute atomic E-state index is 17.0. The Morgan fingerprint density at radius 1 is 1.15 bits per heavy atom. The number of aromatic nitrogens is 5. The van der Waals surface area contributed by atoms with Crippen molar-refractivity contribution in [2.24, 2.45) is 13.0 Å². The van der Waals surface area contributed by atoms with Gasteiger partial charge in [-0.1, -0.05) is 47.7 Å². The normalized spacial score (nSPS) is 15.5. The summed E-state index contributed by atoms with van der Waals surface area (Å²) in [6, 6.07) is 15.9. The topological polar surface area (TPSA) is 86.9 Å². The van der Waals surface area contributed by atoms with E-state index in [2.05, 4.69) is 38.4 Å². The van der Waals surface area contributed by atoms with E-state index >= 15 is 4.39 Å². The summed E-state index contributed by atoms with van der Waals surface area (Å²) in [5.74, 6) is -0.349. The van der Waals surface area contributed by atoms with Crippen LogP contribution in [0.1, 0.15) is 56.5 Å². The number of amides is 1. The number of rotatable bonds is 6. The standard InChI is InChI=1S/C32H35FN6O2/c1-19-29(38(5)37-36-19)23-17-26-28(34-18-23)24-11-12-25(32(3,4)35-20(2)40)27(33)31(24)39(26)30(21-9-7-6-8-10-21)22-13-15-41-16-14-22/h6-12,17-18,22,30H,13-16H2,1-5H3,(H,35,40). The van der Waals surface area contributed by atoms with Crippen LogP contribution in [-0.2, 0) is 22.1 Å². The number of fused-ring (bicyclic) bond motifs is 3. The van der Waals surface area contributed by atoms with E-state index in [0.29, 0.717) is 24.3 Å². The fraction of sp³-hybridized carbons (Fsp3) is 0.375. The summed E-state index contributed by atoms with van der Waals surface area (Å²) in [7, 11) is 1.86. The zero-order chi connectivity index (χ0) is 28.9. The van der Waals surface area contributed by atoms with Crippen molar-refractivity contribution in [1.29, 1.82) is 0 Å². The number of pyridine rings is 1. The maximum atomic E-state index is 17.0. The predicted molar refractivity (Wildman–Crippen MR) is 157 cm³/mol. The number of ether oxygens (including phenoxy) is 1. The molecule has 1 aliphatic heterocycles. The summed E-state index contributed by atoms with van der Waals surface area (Å²) in [5.41, 5.74) is 5.20. The fourth-order valence-corrected chi connectivity index (χ4v) is 6.53. The number of hydrogen-bond acceptors (Lipinski definition) is 5. The lowest BCUT2D eigenvalue weighted by atomic mass is 9.86. The third-order valence-corrected chi connectivity index (χ3v) is 8.30. The highest BCUT2D eigenvalue weighted by Gasteiger charge is 2.34. The second-order valence-electron chi connectivity index (χ2n) is 11.5. The van der Waals surface area contributed by atoms with Crippen LogP contribution in [0.3, 0.4) is 0 Å². The van der Waals surface area contributed by atoms with Crippen LogP contribution < -0.4 is 5.32 Å². The number of halogens is 1. The Kier molecular flexibility index (Phi) is 6.85. The number of aryl methyl sites for hydroxylation is 2. The van der Waals surface area contributed by atoms with Crippen molar-refractivity contribution in [1.82, 2.24) is 29.9 Å². The van der Waals surface area contributed by atoms with Crippen molar-refractivity contribution in [3.05, 3.63) is 77.4 Å². The van der Waals surface area contributed by atoms with E-state index in [0.717, 1.165) is 51.8 Å². The van der Waals surface area contributed by atoms with Crippen LogP contribution in [0.15, 0.2) is 54.7 Å².